The van der Waals surface area contributed by atoms with Crippen LogP contribution >= 0.6 is 11.8 Å². The molecule has 1 aromatic heterocycles. The second-order valence-corrected chi connectivity index (χ2v) is 31.3. The fraction of sp³-hybridized carbons (Fsp3) is 0.790. The van der Waals surface area contributed by atoms with Gasteiger partial charge in [-0.1, -0.05) is 11.8 Å². The molecule has 0 N–H and O–H groups in total. The van der Waals surface area contributed by atoms with Gasteiger partial charge in [-0.2, -0.15) is 0 Å². The summed E-state index contributed by atoms with van der Waals surface area (Å²) in [5, 5.41) is 0.429. The van der Waals surface area contributed by atoms with E-state index in [1.165, 1.54) is 12.1 Å². The Morgan fingerprint density at radius 1 is 0.238 bits per heavy atom. The Morgan fingerprint density at radius 2 is 0.435 bits per heavy atom. The Labute approximate surface area is 871 Å². The lowest BCUT2D eigenvalue weighted by Gasteiger charge is -2.23. The lowest BCUT2D eigenvalue weighted by Crippen LogP contribution is -2.16. The molecule has 4 rings (SSSR count). The number of anilines is 2. The van der Waals surface area contributed by atoms with Crippen molar-refractivity contribution in [1.29, 1.82) is 0 Å². The van der Waals surface area contributed by atoms with Gasteiger partial charge in [0, 0.05) is 55.0 Å². The molecule has 0 saturated heterocycles. The molecule has 4 aromatic rings. The first-order valence-corrected chi connectivity index (χ1v) is 51.6. The summed E-state index contributed by atoms with van der Waals surface area (Å²) in [6.07, 6.45) is 1.63. The summed E-state index contributed by atoms with van der Waals surface area (Å²) in [6, 6.07) is 13.6. The predicted octanol–water partition coefficient (Wildman–Crippen LogP) is 6.99. The number of hydrogen-bond acceptors (Lipinski definition) is 43. The van der Waals surface area contributed by atoms with Gasteiger partial charge in [-0.15, -0.1) is 0 Å². The van der Waals surface area contributed by atoms with E-state index in [9.17, 15) is 4.39 Å². The zero-order valence-corrected chi connectivity index (χ0v) is 88.3. The van der Waals surface area contributed by atoms with Crippen molar-refractivity contribution in [3.8, 4) is 22.9 Å². The third-order valence-electron chi connectivity index (χ3n) is 19.3. The monoisotopic (exact) mass is 2140 g/mol. The summed E-state index contributed by atoms with van der Waals surface area (Å²) in [5.74, 6) is -0.315. The van der Waals surface area contributed by atoms with E-state index in [0.29, 0.717) is 504 Å². The molecule has 0 atom stereocenters. The first kappa shape index (κ1) is 134. The number of thioether (sulfide) groups is 1. The van der Waals surface area contributed by atoms with Crippen LogP contribution < -0.4 is 19.1 Å². The van der Waals surface area contributed by atoms with Crippen LogP contribution in [0.1, 0.15) is 5.56 Å². The van der Waals surface area contributed by atoms with E-state index < -0.39 is 17.5 Å². The minimum absolute atomic E-state index is 0.0285. The number of nitrogens with zero attached hydrogens (tertiary/aromatic N) is 3. The largest absolute Gasteiger partial charge is 0.493 e. The highest BCUT2D eigenvalue weighted by Crippen LogP contribution is 2.38. The SMILES string of the molecule is COCCOCCOCCOCCOCCOCCOCCOCCOCCOCCOCCOCCOCCOCCOCCOCCOCCOCCOCCOCCOCCOCCOCCOCCOCCOCCOCCOCCOCCOCCOCCOCCOCCOCCOCCOCCOCCOc1cc(F)c(CSc2ncc(N(C)c3ccc(OC)c(OC)c3)n2-c2ccc(F)cc2)c(F)c1. The van der Waals surface area contributed by atoms with Gasteiger partial charge in [0.05, 0.1) is 503 Å². The summed E-state index contributed by atoms with van der Waals surface area (Å²) in [4.78, 5) is 6.45. The van der Waals surface area contributed by atoms with Crippen LogP contribution in [0.2, 0.25) is 0 Å². The molecule has 0 radical (unpaired) electrons. The van der Waals surface area contributed by atoms with Crippen molar-refractivity contribution in [2.75, 3.05) is 522 Å². The Kier molecular flexibility index (Phi) is 97.0. The third kappa shape index (κ3) is 82.9. The van der Waals surface area contributed by atoms with Crippen LogP contribution in [-0.2, 0) is 181 Å². The molecule has 0 aliphatic carbocycles. The lowest BCUT2D eigenvalue weighted by molar-refractivity contribution is -0.0327. The topological polar surface area (TPSA) is 390 Å². The number of hydrogen-bond donors (Lipinski definition) is 0. The molecule has 0 fully saturated rings. The van der Waals surface area contributed by atoms with Crippen molar-refractivity contribution in [1.82, 2.24) is 9.55 Å². The molecule has 0 aliphatic heterocycles. The summed E-state index contributed by atoms with van der Waals surface area (Å²) in [6.45, 7) is 33.8. The number of ether oxygens (including phenoxy) is 40. The van der Waals surface area contributed by atoms with Crippen LogP contribution in [0.15, 0.2) is 66.0 Å². The van der Waals surface area contributed by atoms with Crippen LogP contribution in [0.25, 0.3) is 5.69 Å². The standard InChI is InChI=1S/C100H172F3N3O40S/c1-105(92-9-10-97(108-3)98(85-92)109-4)99-88-104-100(106(99)91-7-5-90(101)6-8-91)147-89-94-95(102)86-93(87-96(94)103)146-84-83-145-82-81-144-80-79-143-78-77-142-76-75-141-74-73-140-72-71-139-70-69-138-68-67-137-66-65-136-64-63-135-62-61-134-60-59-133-58-57-132-56-55-131-54-53-130-52-51-129-50-49-128-48-47-127-46-45-126-44-43-125-42-41-124-40-39-123-38-37-122-36-35-121-34-33-120-32-31-119-30-29-118-28-27-117-26-25-116-24-23-115-22-21-114-20-19-113-18-17-112-16-15-111-14-13-110-12-11-107-2/h5-10,85-88H,11-84,89H2,1-4H3. The van der Waals surface area contributed by atoms with Crippen molar-refractivity contribution in [2.24, 2.45) is 0 Å². The predicted molar refractivity (Wildman–Crippen MR) is 534 cm³/mol. The second kappa shape index (κ2) is 106. The first-order valence-electron chi connectivity index (χ1n) is 50.7. The minimum Gasteiger partial charge on any atom is -0.493 e. The van der Waals surface area contributed by atoms with Crippen LogP contribution in [0.4, 0.5) is 24.7 Å². The Morgan fingerprint density at radius 3 is 0.633 bits per heavy atom. The van der Waals surface area contributed by atoms with Gasteiger partial charge in [0.25, 0.3) is 0 Å². The van der Waals surface area contributed by atoms with Crippen LogP contribution in [0.5, 0.6) is 17.2 Å². The highest BCUT2D eigenvalue weighted by atomic mass is 32.2. The molecule has 1 heterocycles. The van der Waals surface area contributed by atoms with Crippen LogP contribution in [-0.4, -0.2) is 527 Å². The summed E-state index contributed by atoms with van der Waals surface area (Å²) in [7, 11) is 6.57. The Hall–Kier alpha value is -5.27. The molecule has 47 heteroatoms. The average Bonchev–Trinajstić information content (AvgIpc) is 1.67. The first-order chi connectivity index (χ1) is 72.9. The molecular weight excluding hydrogens is 1970 g/mol. The zero-order chi connectivity index (χ0) is 104. The number of benzene rings is 3. The van der Waals surface area contributed by atoms with Crippen molar-refractivity contribution in [3.05, 3.63) is 83.8 Å². The smallest absolute Gasteiger partial charge is 0.174 e. The van der Waals surface area contributed by atoms with Gasteiger partial charge in [-0.25, -0.2) is 18.2 Å². The number of imidazole rings is 1. The maximum absolute atomic E-state index is 15.4. The van der Waals surface area contributed by atoms with Gasteiger partial charge in [0.1, 0.15) is 35.6 Å². The van der Waals surface area contributed by atoms with E-state index in [1.807, 2.05) is 24.1 Å². The maximum atomic E-state index is 15.4. The van der Waals surface area contributed by atoms with E-state index in [2.05, 4.69) is 4.98 Å². The van der Waals surface area contributed by atoms with Crippen LogP contribution in [0, 0.1) is 17.5 Å². The molecule has 0 unspecified atom stereocenters. The molecule has 3 aromatic carbocycles. The normalized spacial score (nSPS) is 11.7. The average molecular weight is 2150 g/mol. The summed E-state index contributed by atoms with van der Waals surface area (Å²) < 4.78 is 267. The van der Waals surface area contributed by atoms with Gasteiger partial charge in [0.15, 0.2) is 16.7 Å². The summed E-state index contributed by atoms with van der Waals surface area (Å²) >= 11 is 1.13. The molecule has 854 valence electrons. The number of aromatic nitrogens is 2. The van der Waals surface area contributed by atoms with Gasteiger partial charge in [-0.05, 0) is 36.4 Å². The number of halogens is 3. The third-order valence-corrected chi connectivity index (χ3v) is 20.3. The highest BCUT2D eigenvalue weighted by molar-refractivity contribution is 7.98. The number of methoxy groups -OCH3 is 3. The maximum Gasteiger partial charge on any atom is 0.174 e. The van der Waals surface area contributed by atoms with Crippen molar-refractivity contribution < 1.29 is 203 Å². The van der Waals surface area contributed by atoms with E-state index in [4.69, 9.17) is 189 Å². The quantitative estimate of drug-likeness (QED) is 0.0317. The van der Waals surface area contributed by atoms with E-state index in [0.717, 1.165) is 29.6 Å². The van der Waals surface area contributed by atoms with E-state index in [1.54, 1.807) is 50.3 Å². The molecule has 0 aliphatic rings. The van der Waals surface area contributed by atoms with Crippen LogP contribution in [0.3, 0.4) is 0 Å². The molecule has 0 saturated carbocycles. The minimum atomic E-state index is -0.771. The highest BCUT2D eigenvalue weighted by Gasteiger charge is 2.22. The fourth-order valence-electron chi connectivity index (χ4n) is 11.8. The number of rotatable bonds is 120. The molecule has 0 spiro atoms. The zero-order valence-electron chi connectivity index (χ0n) is 87.5. The van der Waals surface area contributed by atoms with E-state index in [-0.39, 0.29) is 30.3 Å². The van der Waals surface area contributed by atoms with Crippen molar-refractivity contribution >= 4 is 23.3 Å². The summed E-state index contributed by atoms with van der Waals surface area (Å²) in [5.41, 5.74) is 1.20. The van der Waals surface area contributed by atoms with Gasteiger partial charge in [-0.3, -0.25) is 4.57 Å². The fourth-order valence-corrected chi connectivity index (χ4v) is 12.8. The lowest BCUT2D eigenvalue weighted by atomic mass is 10.2. The molecule has 0 amide bonds. The molecular formula is C100H172F3N3O40S. The second-order valence-electron chi connectivity index (χ2n) is 30.3. The van der Waals surface area contributed by atoms with Gasteiger partial charge in [0.2, 0.25) is 0 Å². The van der Waals surface area contributed by atoms with E-state index >= 15 is 8.78 Å². The van der Waals surface area contributed by atoms with Gasteiger partial charge >= 0.3 is 0 Å². The molecule has 147 heavy (non-hydrogen) atoms. The van der Waals surface area contributed by atoms with Crippen molar-refractivity contribution in [2.45, 2.75) is 10.9 Å². The molecule has 43 nitrogen and oxygen atoms in total. The van der Waals surface area contributed by atoms with Crippen molar-refractivity contribution in [3.63, 3.8) is 0 Å². The Balaban J connectivity index is 0.705. The van der Waals surface area contributed by atoms with Gasteiger partial charge < -0.3 is 194 Å². The Bertz CT molecular complexity index is 3350. The molecule has 0 bridgehead atoms.